The van der Waals surface area contributed by atoms with Crippen LogP contribution in [0.15, 0.2) is 54.5 Å². The van der Waals surface area contributed by atoms with Crippen molar-refractivity contribution in [2.75, 3.05) is 33.0 Å². The SMILES string of the molecule is C=CCOCC=C.CCC(CO)(CO)CO.Cc1ccc(S(=O)(=O)O)cc1. The number of hydrogen-bond donors (Lipinski definition) is 4. The van der Waals surface area contributed by atoms with Crippen LogP contribution in [0.1, 0.15) is 18.9 Å². The Bertz CT molecular complexity index is 580. The normalized spacial score (nSPS) is 10.7. The first-order valence-electron chi connectivity index (χ1n) is 8.32. The molecule has 0 spiro atoms. The molecule has 0 unspecified atom stereocenters. The van der Waals surface area contributed by atoms with Gasteiger partial charge in [-0.15, -0.1) is 13.2 Å². The van der Waals surface area contributed by atoms with Crippen LogP contribution in [0.2, 0.25) is 0 Å². The molecular weight excluding hydrogens is 372 g/mol. The Hall–Kier alpha value is -1.55. The van der Waals surface area contributed by atoms with Crippen molar-refractivity contribution >= 4 is 10.1 Å². The average molecular weight is 405 g/mol. The number of hydrogen-bond acceptors (Lipinski definition) is 6. The second-order valence-electron chi connectivity index (χ2n) is 5.73. The zero-order chi connectivity index (χ0) is 21.3. The van der Waals surface area contributed by atoms with Gasteiger partial charge in [-0.2, -0.15) is 8.42 Å². The molecule has 0 radical (unpaired) electrons. The van der Waals surface area contributed by atoms with Crippen molar-refractivity contribution < 1.29 is 33.0 Å². The maximum Gasteiger partial charge on any atom is 0.294 e. The molecule has 0 aliphatic heterocycles. The molecule has 0 bridgehead atoms. The number of rotatable bonds is 9. The summed E-state index contributed by atoms with van der Waals surface area (Å²) in [5, 5.41) is 26.0. The first kappa shape index (κ1) is 27.7. The summed E-state index contributed by atoms with van der Waals surface area (Å²) in [6, 6.07) is 5.99. The number of aliphatic hydroxyl groups is 3. The Morgan fingerprint density at radius 3 is 1.63 bits per heavy atom. The van der Waals surface area contributed by atoms with E-state index in [1.807, 2.05) is 13.8 Å². The topological polar surface area (TPSA) is 124 Å². The van der Waals surface area contributed by atoms with Crippen LogP contribution in [0.25, 0.3) is 0 Å². The first-order chi connectivity index (χ1) is 12.7. The lowest BCUT2D eigenvalue weighted by atomic mass is 9.88. The van der Waals surface area contributed by atoms with Gasteiger partial charge in [0.05, 0.1) is 37.9 Å². The molecule has 0 heterocycles. The predicted octanol–water partition coefficient (Wildman–Crippen LogP) is 1.98. The van der Waals surface area contributed by atoms with Crippen LogP contribution in [0.5, 0.6) is 0 Å². The second kappa shape index (κ2) is 15.5. The summed E-state index contributed by atoms with van der Waals surface area (Å²) >= 11 is 0. The lowest BCUT2D eigenvalue weighted by Crippen LogP contribution is -2.32. The maximum absolute atomic E-state index is 10.5. The van der Waals surface area contributed by atoms with Crippen molar-refractivity contribution in [2.45, 2.75) is 25.2 Å². The molecule has 4 N–H and O–H groups in total. The summed E-state index contributed by atoms with van der Waals surface area (Å²) in [6.07, 6.45) is 4.02. The predicted molar refractivity (Wildman–Crippen MR) is 106 cm³/mol. The highest BCUT2D eigenvalue weighted by atomic mass is 32.2. The van der Waals surface area contributed by atoms with Gasteiger partial charge in [0.1, 0.15) is 0 Å². The maximum atomic E-state index is 10.5. The Kier molecular flexibility index (Phi) is 15.9. The van der Waals surface area contributed by atoms with E-state index in [1.165, 1.54) is 12.1 Å². The Labute approximate surface area is 162 Å². The second-order valence-corrected chi connectivity index (χ2v) is 7.15. The van der Waals surface area contributed by atoms with Gasteiger partial charge in [-0.3, -0.25) is 4.55 Å². The summed E-state index contributed by atoms with van der Waals surface area (Å²) in [5.74, 6) is 0. The van der Waals surface area contributed by atoms with Gasteiger partial charge in [-0.25, -0.2) is 0 Å². The van der Waals surface area contributed by atoms with E-state index in [1.54, 1.807) is 24.3 Å². The summed E-state index contributed by atoms with van der Waals surface area (Å²) < 4.78 is 34.4. The number of ether oxygens (including phenoxy) is 1. The lowest BCUT2D eigenvalue weighted by Gasteiger charge is -2.24. The molecule has 0 aliphatic rings. The largest absolute Gasteiger partial charge is 0.396 e. The Morgan fingerprint density at radius 2 is 1.41 bits per heavy atom. The summed E-state index contributed by atoms with van der Waals surface area (Å²) in [5.41, 5.74) is 0.289. The van der Waals surface area contributed by atoms with E-state index in [0.29, 0.717) is 19.6 Å². The van der Waals surface area contributed by atoms with Gasteiger partial charge >= 0.3 is 0 Å². The van der Waals surface area contributed by atoms with Crippen LogP contribution >= 0.6 is 0 Å². The summed E-state index contributed by atoms with van der Waals surface area (Å²) in [6.45, 7) is 11.4. The fourth-order valence-electron chi connectivity index (χ4n) is 1.43. The van der Waals surface area contributed by atoms with Gasteiger partial charge < -0.3 is 20.1 Å². The summed E-state index contributed by atoms with van der Waals surface area (Å²) in [4.78, 5) is -0.0666. The van der Waals surface area contributed by atoms with Crippen molar-refractivity contribution in [3.05, 3.63) is 55.1 Å². The molecule has 0 amide bonds. The van der Waals surface area contributed by atoms with Crippen LogP contribution in [-0.2, 0) is 14.9 Å². The van der Waals surface area contributed by atoms with Crippen LogP contribution in [0.3, 0.4) is 0 Å². The lowest BCUT2D eigenvalue weighted by molar-refractivity contribution is 0.00304. The van der Waals surface area contributed by atoms with Gasteiger partial charge in [0.25, 0.3) is 10.1 Å². The molecule has 0 saturated heterocycles. The third kappa shape index (κ3) is 13.3. The first-order valence-corrected chi connectivity index (χ1v) is 9.76. The fraction of sp³-hybridized carbons (Fsp3) is 0.474. The Morgan fingerprint density at radius 1 is 1.00 bits per heavy atom. The number of aliphatic hydroxyl groups excluding tert-OH is 3. The minimum atomic E-state index is -4.02. The van der Waals surface area contributed by atoms with Crippen LogP contribution in [0.4, 0.5) is 0 Å². The van der Waals surface area contributed by atoms with Crippen molar-refractivity contribution in [2.24, 2.45) is 5.41 Å². The molecule has 1 aromatic carbocycles. The molecule has 0 atom stereocenters. The highest BCUT2D eigenvalue weighted by Crippen LogP contribution is 2.18. The molecule has 8 heteroatoms. The average Bonchev–Trinajstić information content (AvgIpc) is 2.65. The molecule has 0 fully saturated rings. The minimum absolute atomic E-state index is 0.0666. The van der Waals surface area contributed by atoms with Crippen molar-refractivity contribution in [3.8, 4) is 0 Å². The molecule has 0 aromatic heterocycles. The van der Waals surface area contributed by atoms with E-state index in [-0.39, 0.29) is 24.7 Å². The highest BCUT2D eigenvalue weighted by Gasteiger charge is 2.24. The minimum Gasteiger partial charge on any atom is -0.396 e. The quantitative estimate of drug-likeness (QED) is 0.282. The standard InChI is InChI=1S/C7H8O3S.C6H14O3.C6H10O/c1-6-2-4-7(5-3-6)11(8,9)10;1-2-6(3-7,4-8)5-9;1-3-5-7-6-4-2/h2-5H,1H3,(H,8,9,10);7-9H,2-5H2,1H3;3-4H,1-2,5-6H2. The highest BCUT2D eigenvalue weighted by molar-refractivity contribution is 7.85. The summed E-state index contributed by atoms with van der Waals surface area (Å²) in [7, 11) is -4.02. The third-order valence-electron chi connectivity index (χ3n) is 3.55. The van der Waals surface area contributed by atoms with Crippen molar-refractivity contribution in [1.29, 1.82) is 0 Å². The van der Waals surface area contributed by atoms with Gasteiger partial charge in [0.15, 0.2) is 0 Å². The van der Waals surface area contributed by atoms with Gasteiger partial charge in [0, 0.05) is 5.41 Å². The molecule has 0 aliphatic carbocycles. The molecule has 156 valence electrons. The van der Waals surface area contributed by atoms with E-state index < -0.39 is 15.5 Å². The zero-order valence-electron chi connectivity index (χ0n) is 16.0. The molecule has 1 rings (SSSR count). The third-order valence-corrected chi connectivity index (χ3v) is 4.41. The zero-order valence-corrected chi connectivity index (χ0v) is 16.9. The van der Waals surface area contributed by atoms with Gasteiger partial charge in [0.2, 0.25) is 0 Å². The van der Waals surface area contributed by atoms with Crippen LogP contribution in [-0.4, -0.2) is 61.3 Å². The van der Waals surface area contributed by atoms with Crippen LogP contribution in [0, 0.1) is 12.3 Å². The number of benzene rings is 1. The molecule has 1 aromatic rings. The van der Waals surface area contributed by atoms with Gasteiger partial charge in [-0.1, -0.05) is 36.8 Å². The van der Waals surface area contributed by atoms with E-state index in [4.69, 9.17) is 24.6 Å². The van der Waals surface area contributed by atoms with E-state index >= 15 is 0 Å². The van der Waals surface area contributed by atoms with Crippen molar-refractivity contribution in [3.63, 3.8) is 0 Å². The van der Waals surface area contributed by atoms with Crippen molar-refractivity contribution in [1.82, 2.24) is 0 Å². The smallest absolute Gasteiger partial charge is 0.294 e. The molecule has 0 saturated carbocycles. The van der Waals surface area contributed by atoms with E-state index in [2.05, 4.69) is 13.2 Å². The van der Waals surface area contributed by atoms with E-state index in [0.717, 1.165) is 5.56 Å². The Balaban J connectivity index is 0. The van der Waals surface area contributed by atoms with Crippen LogP contribution < -0.4 is 0 Å². The fourth-order valence-corrected chi connectivity index (χ4v) is 1.91. The molecule has 7 nitrogen and oxygen atoms in total. The molecule has 27 heavy (non-hydrogen) atoms. The number of aryl methyl sites for hydroxylation is 1. The van der Waals surface area contributed by atoms with E-state index in [9.17, 15) is 8.42 Å². The monoisotopic (exact) mass is 404 g/mol. The molecular formula is C19H32O7S. The van der Waals surface area contributed by atoms with Gasteiger partial charge in [-0.05, 0) is 25.5 Å².